The average molecular weight is 263 g/mol. The zero-order valence-electron chi connectivity index (χ0n) is 11.9. The number of pyridine rings is 1. The molecule has 1 saturated heterocycles. The molecule has 1 aliphatic rings. The molecule has 0 bridgehead atoms. The molecule has 0 amide bonds. The Kier molecular flexibility index (Phi) is 5.27. The van der Waals surface area contributed by atoms with Crippen LogP contribution in [0.25, 0.3) is 0 Å². The van der Waals surface area contributed by atoms with E-state index in [4.69, 9.17) is 5.84 Å². The Morgan fingerprint density at radius 2 is 2.11 bits per heavy atom. The maximum Gasteiger partial charge on any atom is 0.0270 e. The summed E-state index contributed by atoms with van der Waals surface area (Å²) in [6.45, 7) is 3.40. The number of hydrogen-bond acceptors (Lipinski definition) is 5. The summed E-state index contributed by atoms with van der Waals surface area (Å²) in [5.74, 6) is 5.72. The molecule has 1 aliphatic heterocycles. The maximum absolute atomic E-state index is 5.72. The van der Waals surface area contributed by atoms with Crippen molar-refractivity contribution >= 4 is 0 Å². The molecule has 1 fully saturated rings. The van der Waals surface area contributed by atoms with Crippen molar-refractivity contribution in [2.75, 3.05) is 33.7 Å². The van der Waals surface area contributed by atoms with Crippen molar-refractivity contribution in [1.82, 2.24) is 20.2 Å². The quantitative estimate of drug-likeness (QED) is 0.582. The lowest BCUT2D eigenvalue weighted by Crippen LogP contribution is -2.53. The Hall–Kier alpha value is -1.01. The first-order valence-electron chi connectivity index (χ1n) is 6.93. The van der Waals surface area contributed by atoms with Crippen LogP contribution in [0.4, 0.5) is 0 Å². The summed E-state index contributed by atoms with van der Waals surface area (Å²) in [5, 5.41) is 0. The normalized spacial score (nSPS) is 23.4. The van der Waals surface area contributed by atoms with E-state index in [1.165, 1.54) is 5.56 Å². The molecule has 0 radical (unpaired) electrons. The first kappa shape index (κ1) is 14.4. The smallest absolute Gasteiger partial charge is 0.0270 e. The van der Waals surface area contributed by atoms with Gasteiger partial charge >= 0.3 is 0 Å². The molecule has 0 aromatic carbocycles. The molecule has 2 atom stereocenters. The molecule has 2 unspecified atom stereocenters. The Bertz CT molecular complexity index is 369. The van der Waals surface area contributed by atoms with Crippen molar-refractivity contribution < 1.29 is 0 Å². The van der Waals surface area contributed by atoms with Gasteiger partial charge in [0.25, 0.3) is 0 Å². The molecule has 5 heteroatoms. The highest BCUT2D eigenvalue weighted by Gasteiger charge is 2.24. The third kappa shape index (κ3) is 4.24. The maximum atomic E-state index is 5.72. The molecule has 0 spiro atoms. The van der Waals surface area contributed by atoms with Crippen LogP contribution in [0.3, 0.4) is 0 Å². The average Bonchev–Trinajstić information content (AvgIpc) is 2.43. The molecular formula is C14H25N5. The van der Waals surface area contributed by atoms with Crippen LogP contribution in [0.5, 0.6) is 0 Å². The zero-order chi connectivity index (χ0) is 13.7. The Morgan fingerprint density at radius 1 is 1.37 bits per heavy atom. The molecule has 5 nitrogen and oxygen atoms in total. The van der Waals surface area contributed by atoms with Crippen LogP contribution in [0.15, 0.2) is 24.5 Å². The zero-order valence-corrected chi connectivity index (χ0v) is 11.9. The third-order valence-electron chi connectivity index (χ3n) is 4.00. The van der Waals surface area contributed by atoms with Gasteiger partial charge in [-0.2, -0.15) is 0 Å². The first-order valence-corrected chi connectivity index (χ1v) is 6.93. The summed E-state index contributed by atoms with van der Waals surface area (Å²) in [7, 11) is 4.39. The summed E-state index contributed by atoms with van der Waals surface area (Å²) < 4.78 is 0. The van der Waals surface area contributed by atoms with E-state index in [0.717, 1.165) is 32.5 Å². The summed E-state index contributed by atoms with van der Waals surface area (Å²) in [6, 6.07) is 4.99. The van der Waals surface area contributed by atoms with E-state index in [1.54, 1.807) is 0 Å². The second-order valence-corrected chi connectivity index (χ2v) is 5.56. The van der Waals surface area contributed by atoms with E-state index in [1.807, 2.05) is 12.4 Å². The van der Waals surface area contributed by atoms with Gasteiger partial charge in [-0.25, -0.2) is 0 Å². The van der Waals surface area contributed by atoms with Gasteiger partial charge in [-0.3, -0.25) is 16.3 Å². The molecule has 2 heterocycles. The van der Waals surface area contributed by atoms with Crippen LogP contribution in [-0.4, -0.2) is 60.6 Å². The van der Waals surface area contributed by atoms with Crippen LogP contribution >= 0.6 is 0 Å². The molecule has 19 heavy (non-hydrogen) atoms. The minimum absolute atomic E-state index is 0.307. The van der Waals surface area contributed by atoms with Crippen LogP contribution in [0, 0.1) is 0 Å². The highest BCUT2D eigenvalue weighted by molar-refractivity contribution is 5.11. The van der Waals surface area contributed by atoms with Crippen LogP contribution < -0.4 is 11.3 Å². The van der Waals surface area contributed by atoms with E-state index < -0.39 is 0 Å². The standard InChI is InChI=1S/C14H25N5/c1-18-7-8-19(2)14(11-18)10-13(17-15)9-12-3-5-16-6-4-12/h3-6,13-14,17H,7-11,15H2,1-2H3. The van der Waals surface area contributed by atoms with E-state index in [-0.39, 0.29) is 0 Å². The lowest BCUT2D eigenvalue weighted by atomic mass is 9.98. The van der Waals surface area contributed by atoms with Crippen LogP contribution in [-0.2, 0) is 6.42 Å². The van der Waals surface area contributed by atoms with Gasteiger partial charge in [0.05, 0.1) is 0 Å². The number of hydrazine groups is 1. The van der Waals surface area contributed by atoms with E-state index in [2.05, 4.69) is 46.4 Å². The summed E-state index contributed by atoms with van der Waals surface area (Å²) in [4.78, 5) is 8.88. The molecule has 3 N–H and O–H groups in total. The lowest BCUT2D eigenvalue weighted by Gasteiger charge is -2.39. The van der Waals surface area contributed by atoms with Gasteiger partial charge in [0, 0.05) is 44.1 Å². The number of likely N-dealkylation sites (N-methyl/N-ethyl adjacent to an activating group) is 2. The number of hydrogen-bond donors (Lipinski definition) is 2. The van der Waals surface area contributed by atoms with Crippen LogP contribution in [0.2, 0.25) is 0 Å². The first-order chi connectivity index (χ1) is 9.19. The summed E-state index contributed by atoms with van der Waals surface area (Å²) in [6.07, 6.45) is 5.69. The van der Waals surface area contributed by atoms with Gasteiger partial charge in [0.15, 0.2) is 0 Å². The summed E-state index contributed by atoms with van der Waals surface area (Å²) in [5.41, 5.74) is 4.25. The molecule has 106 valence electrons. The van der Waals surface area contributed by atoms with E-state index >= 15 is 0 Å². The molecule has 2 rings (SSSR count). The number of rotatable bonds is 5. The highest BCUT2D eigenvalue weighted by atomic mass is 15.3. The van der Waals surface area contributed by atoms with Crippen molar-refractivity contribution in [3.8, 4) is 0 Å². The minimum Gasteiger partial charge on any atom is -0.304 e. The molecule has 1 aromatic rings. The van der Waals surface area contributed by atoms with Crippen molar-refractivity contribution in [2.45, 2.75) is 24.9 Å². The lowest BCUT2D eigenvalue weighted by molar-refractivity contribution is 0.101. The fraction of sp³-hybridized carbons (Fsp3) is 0.643. The minimum atomic E-state index is 0.307. The fourth-order valence-corrected chi connectivity index (χ4v) is 2.70. The molecule has 0 saturated carbocycles. The second-order valence-electron chi connectivity index (χ2n) is 5.56. The molecular weight excluding hydrogens is 238 g/mol. The van der Waals surface area contributed by atoms with Gasteiger partial charge in [-0.05, 0) is 44.6 Å². The van der Waals surface area contributed by atoms with Gasteiger partial charge in [-0.15, -0.1) is 0 Å². The van der Waals surface area contributed by atoms with Gasteiger partial charge in [-0.1, -0.05) is 0 Å². The summed E-state index contributed by atoms with van der Waals surface area (Å²) >= 11 is 0. The van der Waals surface area contributed by atoms with Gasteiger partial charge < -0.3 is 9.80 Å². The van der Waals surface area contributed by atoms with E-state index in [9.17, 15) is 0 Å². The van der Waals surface area contributed by atoms with Gasteiger partial charge in [0.1, 0.15) is 0 Å². The van der Waals surface area contributed by atoms with Crippen molar-refractivity contribution in [3.63, 3.8) is 0 Å². The van der Waals surface area contributed by atoms with Gasteiger partial charge in [0.2, 0.25) is 0 Å². The van der Waals surface area contributed by atoms with Crippen molar-refractivity contribution in [2.24, 2.45) is 5.84 Å². The highest BCUT2D eigenvalue weighted by Crippen LogP contribution is 2.14. The molecule has 0 aliphatic carbocycles. The largest absolute Gasteiger partial charge is 0.304 e. The number of nitrogens with one attached hydrogen (secondary N) is 1. The van der Waals surface area contributed by atoms with Crippen molar-refractivity contribution in [1.29, 1.82) is 0 Å². The third-order valence-corrected chi connectivity index (χ3v) is 4.00. The SMILES string of the molecule is CN1CCN(C)C(CC(Cc2ccncc2)NN)C1. The predicted molar refractivity (Wildman–Crippen MR) is 77.6 cm³/mol. The second kappa shape index (κ2) is 6.96. The topological polar surface area (TPSA) is 57.4 Å². The van der Waals surface area contributed by atoms with Crippen molar-refractivity contribution in [3.05, 3.63) is 30.1 Å². The Labute approximate surface area is 115 Å². The monoisotopic (exact) mass is 263 g/mol. The number of nitrogens with zero attached hydrogens (tertiary/aromatic N) is 3. The Morgan fingerprint density at radius 3 is 2.79 bits per heavy atom. The van der Waals surface area contributed by atoms with Crippen LogP contribution in [0.1, 0.15) is 12.0 Å². The van der Waals surface area contributed by atoms with E-state index in [0.29, 0.717) is 12.1 Å². The molecule has 1 aromatic heterocycles. The Balaban J connectivity index is 1.91. The number of aromatic nitrogens is 1. The predicted octanol–water partition coefficient (Wildman–Crippen LogP) is 0.0919. The number of nitrogens with two attached hydrogens (primary N) is 1. The number of piperazine rings is 1. The fourth-order valence-electron chi connectivity index (χ4n) is 2.70.